The quantitative estimate of drug-likeness (QED) is 0.791. The molecule has 17 heavy (non-hydrogen) atoms. The molecule has 0 aromatic rings. The maximum Gasteiger partial charge on any atom is 0.326 e. The van der Waals surface area contributed by atoms with Crippen molar-refractivity contribution in [2.24, 2.45) is 17.8 Å². The van der Waals surface area contributed by atoms with Crippen molar-refractivity contribution in [3.05, 3.63) is 0 Å². The van der Waals surface area contributed by atoms with Crippen LogP contribution >= 0.6 is 0 Å². The zero-order chi connectivity index (χ0) is 12.0. The average Bonchev–Trinajstić information content (AvgIpc) is 2.83. The number of nitrogens with zero attached hydrogens (tertiary/aromatic N) is 1. The van der Waals surface area contributed by atoms with Crippen molar-refractivity contribution in [1.29, 1.82) is 0 Å². The van der Waals surface area contributed by atoms with Crippen molar-refractivity contribution >= 4 is 11.9 Å². The number of rotatable bonds is 2. The number of carboxylic acids is 1. The molecule has 3 rings (SSSR count). The molecule has 0 spiro atoms. The van der Waals surface area contributed by atoms with Gasteiger partial charge in [-0.1, -0.05) is 12.8 Å². The van der Waals surface area contributed by atoms with Crippen LogP contribution in [0.15, 0.2) is 0 Å². The normalized spacial score (nSPS) is 39.9. The Morgan fingerprint density at radius 2 is 1.65 bits per heavy atom. The second kappa shape index (κ2) is 4.00. The first-order valence-corrected chi connectivity index (χ1v) is 6.73. The number of fused-ring (bicyclic) bond motifs is 1. The number of hydrogen-bond donors (Lipinski definition) is 1. The van der Waals surface area contributed by atoms with Crippen molar-refractivity contribution in [3.63, 3.8) is 0 Å². The molecule has 2 aliphatic carbocycles. The van der Waals surface area contributed by atoms with Crippen LogP contribution in [-0.2, 0) is 9.59 Å². The van der Waals surface area contributed by atoms with Crippen LogP contribution in [0, 0.1) is 17.8 Å². The largest absolute Gasteiger partial charge is 0.480 e. The molecule has 1 N–H and O–H groups in total. The predicted octanol–water partition coefficient (Wildman–Crippen LogP) is 1.50. The molecule has 1 heterocycles. The van der Waals surface area contributed by atoms with Gasteiger partial charge in [-0.2, -0.15) is 0 Å². The lowest BCUT2D eigenvalue weighted by Crippen LogP contribution is -2.41. The summed E-state index contributed by atoms with van der Waals surface area (Å²) in [4.78, 5) is 25.1. The van der Waals surface area contributed by atoms with Gasteiger partial charge in [0.05, 0.1) is 0 Å². The maximum absolute atomic E-state index is 12.4. The molecular weight excluding hydrogens is 218 g/mol. The highest BCUT2D eigenvalue weighted by atomic mass is 16.4. The standard InChI is InChI=1S/C13H19NO3/c15-12(11-8-4-1-2-5-9(8)11)14-7-3-6-10(14)13(16)17/h8-11H,1-7H2,(H,16,17)/t8?,9?,10-,11?/m1/s1. The Morgan fingerprint density at radius 3 is 2.24 bits per heavy atom. The van der Waals surface area contributed by atoms with Crippen LogP contribution in [0.5, 0.6) is 0 Å². The van der Waals surface area contributed by atoms with Crippen LogP contribution < -0.4 is 0 Å². The molecule has 0 aromatic heterocycles. The molecular formula is C13H19NO3. The molecule has 4 nitrogen and oxygen atoms in total. The van der Waals surface area contributed by atoms with Gasteiger partial charge in [-0.15, -0.1) is 0 Å². The summed E-state index contributed by atoms with van der Waals surface area (Å²) in [5.74, 6) is 0.612. The highest BCUT2D eigenvalue weighted by Gasteiger charge is 2.57. The minimum Gasteiger partial charge on any atom is -0.480 e. The second-order valence-corrected chi connectivity index (χ2v) is 5.67. The van der Waals surface area contributed by atoms with Crippen molar-refractivity contribution in [3.8, 4) is 0 Å². The highest BCUT2D eigenvalue weighted by molar-refractivity contribution is 5.87. The van der Waals surface area contributed by atoms with Crippen molar-refractivity contribution < 1.29 is 14.7 Å². The molecule has 0 bridgehead atoms. The monoisotopic (exact) mass is 237 g/mol. The Kier molecular flexibility index (Phi) is 2.60. The minimum atomic E-state index is -0.834. The summed E-state index contributed by atoms with van der Waals surface area (Å²) in [6.45, 7) is 0.645. The van der Waals surface area contributed by atoms with Crippen LogP contribution in [0.1, 0.15) is 38.5 Å². The van der Waals surface area contributed by atoms with E-state index in [4.69, 9.17) is 5.11 Å². The third-order valence-electron chi connectivity index (χ3n) is 4.76. The fraction of sp³-hybridized carbons (Fsp3) is 0.846. The summed E-state index contributed by atoms with van der Waals surface area (Å²) in [7, 11) is 0. The van der Waals surface area contributed by atoms with E-state index < -0.39 is 12.0 Å². The zero-order valence-corrected chi connectivity index (χ0v) is 9.97. The number of hydrogen-bond acceptors (Lipinski definition) is 2. The Bertz CT molecular complexity index is 343. The summed E-state index contributed by atoms with van der Waals surface area (Å²) in [6.07, 6.45) is 6.30. The summed E-state index contributed by atoms with van der Waals surface area (Å²) in [5.41, 5.74) is 0. The van der Waals surface area contributed by atoms with E-state index in [9.17, 15) is 9.59 Å². The number of aliphatic carboxylic acids is 1. The first-order valence-electron chi connectivity index (χ1n) is 6.73. The molecule has 2 unspecified atom stereocenters. The molecule has 0 radical (unpaired) electrons. The van der Waals surface area contributed by atoms with E-state index in [1.165, 1.54) is 25.7 Å². The number of carboxylic acid groups (broad SMARTS) is 1. The van der Waals surface area contributed by atoms with Crippen molar-refractivity contribution in [2.45, 2.75) is 44.6 Å². The van der Waals surface area contributed by atoms with Gasteiger partial charge < -0.3 is 10.0 Å². The van der Waals surface area contributed by atoms with E-state index in [1.807, 2.05) is 0 Å². The van der Waals surface area contributed by atoms with E-state index in [0.717, 1.165) is 6.42 Å². The van der Waals surface area contributed by atoms with Crippen LogP contribution in [-0.4, -0.2) is 34.5 Å². The molecule has 1 saturated heterocycles. The van der Waals surface area contributed by atoms with E-state index >= 15 is 0 Å². The molecule has 2 saturated carbocycles. The van der Waals surface area contributed by atoms with Crippen molar-refractivity contribution in [1.82, 2.24) is 4.90 Å². The fourth-order valence-electron chi connectivity index (χ4n) is 3.84. The number of amides is 1. The fourth-order valence-corrected chi connectivity index (χ4v) is 3.84. The van der Waals surface area contributed by atoms with Gasteiger partial charge in [0.2, 0.25) is 5.91 Å². The Morgan fingerprint density at radius 1 is 1.00 bits per heavy atom. The minimum absolute atomic E-state index is 0.131. The highest BCUT2D eigenvalue weighted by Crippen LogP contribution is 2.56. The summed E-state index contributed by atoms with van der Waals surface area (Å²) < 4.78 is 0. The van der Waals surface area contributed by atoms with Crippen molar-refractivity contribution in [2.75, 3.05) is 6.54 Å². The van der Waals surface area contributed by atoms with Crippen LogP contribution in [0.3, 0.4) is 0 Å². The average molecular weight is 237 g/mol. The maximum atomic E-state index is 12.4. The summed E-state index contributed by atoms with van der Waals surface area (Å²) in [5, 5.41) is 9.10. The van der Waals surface area contributed by atoms with Crippen LogP contribution in [0.2, 0.25) is 0 Å². The lowest BCUT2D eigenvalue weighted by atomic mass is 10.0. The van der Waals surface area contributed by atoms with Gasteiger partial charge in [-0.05, 0) is 37.5 Å². The van der Waals surface area contributed by atoms with Gasteiger partial charge >= 0.3 is 5.97 Å². The van der Waals surface area contributed by atoms with Crippen LogP contribution in [0.25, 0.3) is 0 Å². The molecule has 3 atom stereocenters. The van der Waals surface area contributed by atoms with Gasteiger partial charge in [0.25, 0.3) is 0 Å². The lowest BCUT2D eigenvalue weighted by Gasteiger charge is -2.21. The Balaban J connectivity index is 1.68. The first-order chi connectivity index (χ1) is 8.20. The molecule has 1 amide bonds. The SMILES string of the molecule is O=C(O)[C@H]1CCCN1C(=O)C1C2CCCCC21. The second-order valence-electron chi connectivity index (χ2n) is 5.67. The summed E-state index contributed by atoms with van der Waals surface area (Å²) >= 11 is 0. The topological polar surface area (TPSA) is 57.6 Å². The van der Waals surface area contributed by atoms with Gasteiger partial charge in [0.1, 0.15) is 6.04 Å². The summed E-state index contributed by atoms with van der Waals surface area (Å²) in [6, 6.07) is -0.551. The third kappa shape index (κ3) is 1.74. The lowest BCUT2D eigenvalue weighted by molar-refractivity contribution is -0.149. The number of likely N-dealkylation sites (tertiary alicyclic amines) is 1. The predicted molar refractivity (Wildman–Crippen MR) is 61.3 cm³/mol. The molecule has 4 heteroatoms. The van der Waals surface area contributed by atoms with Gasteiger partial charge in [-0.3, -0.25) is 4.79 Å². The number of carbonyl (C=O) groups excluding carboxylic acids is 1. The molecule has 94 valence electrons. The van der Waals surface area contributed by atoms with Gasteiger partial charge in [0, 0.05) is 12.5 Å². The smallest absolute Gasteiger partial charge is 0.326 e. The van der Waals surface area contributed by atoms with E-state index in [1.54, 1.807) is 4.90 Å². The third-order valence-corrected chi connectivity index (χ3v) is 4.76. The molecule has 3 aliphatic rings. The van der Waals surface area contributed by atoms with Gasteiger partial charge in [-0.25, -0.2) is 4.79 Å². The van der Waals surface area contributed by atoms with E-state index in [2.05, 4.69) is 0 Å². The molecule has 3 fully saturated rings. The van der Waals surface area contributed by atoms with E-state index in [0.29, 0.717) is 24.8 Å². The Labute approximate surface area is 101 Å². The molecule has 1 aliphatic heterocycles. The van der Waals surface area contributed by atoms with Gasteiger partial charge in [0.15, 0.2) is 0 Å². The van der Waals surface area contributed by atoms with Crippen LogP contribution in [0.4, 0.5) is 0 Å². The number of carbonyl (C=O) groups is 2. The Hall–Kier alpha value is -1.06. The molecule has 0 aromatic carbocycles. The van der Waals surface area contributed by atoms with E-state index in [-0.39, 0.29) is 11.8 Å². The first kappa shape index (κ1) is 11.1. The zero-order valence-electron chi connectivity index (χ0n) is 9.97.